The molecule has 2 aromatic rings. The highest BCUT2D eigenvalue weighted by Crippen LogP contribution is 2.18. The summed E-state index contributed by atoms with van der Waals surface area (Å²) in [7, 11) is 0. The van der Waals surface area contributed by atoms with Gasteiger partial charge in [0.05, 0.1) is 0 Å². The Morgan fingerprint density at radius 1 is 1.24 bits per heavy atom. The topological polar surface area (TPSA) is 50.4 Å². The van der Waals surface area contributed by atoms with Gasteiger partial charge in [-0.25, -0.2) is 4.79 Å². The summed E-state index contributed by atoms with van der Waals surface area (Å²) < 4.78 is 5.63. The monoisotopic (exact) mass is 296 g/mol. The average Bonchev–Trinajstić information content (AvgIpc) is 2.31. The van der Waals surface area contributed by atoms with Crippen LogP contribution in [0, 0.1) is 0 Å². The predicted octanol–water partition coefficient (Wildman–Crippen LogP) is 2.87. The fraction of sp³-hybridized carbons (Fsp3) is 0.308. The molecule has 0 radical (unpaired) electrons. The summed E-state index contributed by atoms with van der Waals surface area (Å²) in [6, 6.07) is 7.61. The molecule has 0 aliphatic heterocycles. The van der Waals surface area contributed by atoms with E-state index in [1.165, 1.54) is 0 Å². The van der Waals surface area contributed by atoms with Gasteiger partial charge in [0.2, 0.25) is 0 Å². The molecule has 0 unspecified atom stereocenters. The molecule has 17 heavy (non-hydrogen) atoms. The molecule has 1 N–H and O–H groups in total. The van der Waals surface area contributed by atoms with Gasteiger partial charge < -0.3 is 9.52 Å². The third-order valence-corrected chi connectivity index (χ3v) is 3.18. The van der Waals surface area contributed by atoms with Crippen LogP contribution in [0.2, 0.25) is 0 Å². The highest BCUT2D eigenvalue weighted by molar-refractivity contribution is 9.10. The molecule has 0 aliphatic carbocycles. The van der Waals surface area contributed by atoms with Crippen molar-refractivity contribution in [2.75, 3.05) is 6.61 Å². The molecule has 4 heteroatoms. The maximum Gasteiger partial charge on any atom is 0.350 e. The second-order valence-electron chi connectivity index (χ2n) is 3.93. The molecular weight excluding hydrogens is 284 g/mol. The Balaban J connectivity index is 2.30. The van der Waals surface area contributed by atoms with Crippen LogP contribution in [0.1, 0.15) is 18.4 Å². The molecule has 2 rings (SSSR count). The number of benzene rings is 1. The number of aliphatic hydroxyl groups excluding tert-OH is 1. The zero-order chi connectivity index (χ0) is 12.3. The summed E-state index contributed by atoms with van der Waals surface area (Å²) in [6.45, 7) is 0.218. The first-order chi connectivity index (χ1) is 8.20. The maximum atomic E-state index is 11.4. The van der Waals surface area contributed by atoms with Gasteiger partial charge in [0.1, 0.15) is 10.1 Å². The second kappa shape index (κ2) is 5.47. The van der Waals surface area contributed by atoms with Crippen molar-refractivity contribution in [3.63, 3.8) is 0 Å². The fourth-order valence-corrected chi connectivity index (χ4v) is 2.05. The van der Waals surface area contributed by atoms with E-state index in [4.69, 9.17) is 9.52 Å². The van der Waals surface area contributed by atoms with Crippen molar-refractivity contribution in [2.45, 2.75) is 19.3 Å². The van der Waals surface area contributed by atoms with E-state index in [1.807, 2.05) is 18.2 Å². The average molecular weight is 297 g/mol. The van der Waals surface area contributed by atoms with Gasteiger partial charge in [0, 0.05) is 12.0 Å². The second-order valence-corrected chi connectivity index (χ2v) is 4.79. The van der Waals surface area contributed by atoms with Crippen LogP contribution < -0.4 is 5.63 Å². The first-order valence-corrected chi connectivity index (χ1v) is 6.33. The van der Waals surface area contributed by atoms with Crippen LogP contribution in [0.25, 0.3) is 11.0 Å². The Kier molecular flexibility index (Phi) is 3.97. The molecule has 3 nitrogen and oxygen atoms in total. The quantitative estimate of drug-likeness (QED) is 0.697. The lowest BCUT2D eigenvalue weighted by Crippen LogP contribution is -1.99. The van der Waals surface area contributed by atoms with Crippen molar-refractivity contribution in [3.8, 4) is 0 Å². The van der Waals surface area contributed by atoms with Gasteiger partial charge in [-0.3, -0.25) is 0 Å². The van der Waals surface area contributed by atoms with E-state index in [9.17, 15) is 4.79 Å². The van der Waals surface area contributed by atoms with Crippen LogP contribution in [0.3, 0.4) is 0 Å². The van der Waals surface area contributed by atoms with E-state index in [-0.39, 0.29) is 12.2 Å². The summed E-state index contributed by atoms with van der Waals surface area (Å²) in [5.74, 6) is 0. The smallest absolute Gasteiger partial charge is 0.350 e. The molecule has 1 aromatic heterocycles. The Morgan fingerprint density at radius 2 is 2.06 bits per heavy atom. The fourth-order valence-electron chi connectivity index (χ4n) is 1.73. The highest BCUT2D eigenvalue weighted by Gasteiger charge is 2.03. The first kappa shape index (κ1) is 12.3. The predicted molar refractivity (Wildman–Crippen MR) is 70.2 cm³/mol. The largest absolute Gasteiger partial charge is 0.422 e. The van der Waals surface area contributed by atoms with Crippen molar-refractivity contribution < 1.29 is 9.52 Å². The first-order valence-electron chi connectivity index (χ1n) is 5.54. The third kappa shape index (κ3) is 2.96. The van der Waals surface area contributed by atoms with Crippen LogP contribution in [-0.4, -0.2) is 11.7 Å². The summed E-state index contributed by atoms with van der Waals surface area (Å²) in [5, 5.41) is 9.62. The van der Waals surface area contributed by atoms with E-state index in [0.717, 1.165) is 30.2 Å². The van der Waals surface area contributed by atoms with Crippen molar-refractivity contribution in [1.82, 2.24) is 0 Å². The third-order valence-electron chi connectivity index (χ3n) is 2.63. The van der Waals surface area contributed by atoms with Crippen molar-refractivity contribution in [3.05, 3.63) is 44.7 Å². The van der Waals surface area contributed by atoms with Gasteiger partial charge in [-0.05, 0) is 52.9 Å². The number of hydrogen-bond acceptors (Lipinski definition) is 3. The van der Waals surface area contributed by atoms with Gasteiger partial charge in [-0.15, -0.1) is 0 Å². The van der Waals surface area contributed by atoms with Gasteiger partial charge in [-0.2, -0.15) is 0 Å². The molecule has 0 spiro atoms. The highest BCUT2D eigenvalue weighted by atomic mass is 79.9. The normalized spacial score (nSPS) is 10.9. The van der Waals surface area contributed by atoms with Crippen molar-refractivity contribution in [2.24, 2.45) is 0 Å². The summed E-state index contributed by atoms with van der Waals surface area (Å²) in [5.41, 5.74) is 1.38. The van der Waals surface area contributed by atoms with E-state index in [0.29, 0.717) is 10.1 Å². The molecular formula is C13H13BrO3. The summed E-state index contributed by atoms with van der Waals surface area (Å²) in [6.07, 6.45) is 2.61. The molecule has 0 amide bonds. The number of rotatable bonds is 4. The van der Waals surface area contributed by atoms with Crippen molar-refractivity contribution >= 4 is 26.9 Å². The number of halogens is 1. The van der Waals surface area contributed by atoms with E-state index >= 15 is 0 Å². The lowest BCUT2D eigenvalue weighted by molar-refractivity contribution is 0.284. The van der Waals surface area contributed by atoms with Crippen LogP contribution >= 0.6 is 15.9 Å². The zero-order valence-corrected chi connectivity index (χ0v) is 10.9. The van der Waals surface area contributed by atoms with Crippen LogP contribution in [-0.2, 0) is 6.42 Å². The number of hydrogen-bond donors (Lipinski definition) is 1. The number of aryl methyl sites for hydroxylation is 1. The van der Waals surface area contributed by atoms with E-state index in [2.05, 4.69) is 15.9 Å². The molecule has 0 saturated heterocycles. The number of aliphatic hydroxyl groups is 1. The Hall–Kier alpha value is -1.13. The maximum absolute atomic E-state index is 11.4. The van der Waals surface area contributed by atoms with Crippen LogP contribution in [0.15, 0.2) is 37.9 Å². The molecule has 0 bridgehead atoms. The van der Waals surface area contributed by atoms with Crippen molar-refractivity contribution in [1.29, 1.82) is 0 Å². The molecule has 90 valence electrons. The molecule has 0 saturated carbocycles. The van der Waals surface area contributed by atoms with E-state index in [1.54, 1.807) is 6.07 Å². The standard InChI is InChI=1S/C13H13BrO3/c14-11-8-10-5-4-9(3-1-2-6-15)7-12(10)17-13(11)16/h4-5,7-8,15H,1-3,6H2. The minimum atomic E-state index is -0.356. The number of fused-ring (bicyclic) bond motifs is 1. The van der Waals surface area contributed by atoms with Crippen LogP contribution in [0.4, 0.5) is 0 Å². The Bertz CT molecular complexity index is 574. The summed E-state index contributed by atoms with van der Waals surface area (Å²) >= 11 is 3.15. The summed E-state index contributed by atoms with van der Waals surface area (Å²) in [4.78, 5) is 11.4. The lowest BCUT2D eigenvalue weighted by Gasteiger charge is -2.02. The molecule has 0 atom stereocenters. The van der Waals surface area contributed by atoms with Gasteiger partial charge >= 0.3 is 5.63 Å². The zero-order valence-electron chi connectivity index (χ0n) is 9.28. The van der Waals surface area contributed by atoms with Gasteiger partial charge in [0.25, 0.3) is 0 Å². The minimum absolute atomic E-state index is 0.218. The SMILES string of the molecule is O=c1oc2cc(CCCCO)ccc2cc1Br. The Morgan fingerprint density at radius 3 is 2.82 bits per heavy atom. The Labute approximate surface area is 107 Å². The van der Waals surface area contributed by atoms with Gasteiger partial charge in [0.15, 0.2) is 0 Å². The lowest BCUT2D eigenvalue weighted by atomic mass is 10.1. The minimum Gasteiger partial charge on any atom is -0.422 e. The molecule has 1 heterocycles. The molecule has 1 aromatic carbocycles. The van der Waals surface area contributed by atoms with E-state index < -0.39 is 0 Å². The molecule has 0 fully saturated rings. The van der Waals surface area contributed by atoms with Crippen LogP contribution in [0.5, 0.6) is 0 Å². The number of unbranched alkanes of at least 4 members (excludes halogenated alkanes) is 1. The van der Waals surface area contributed by atoms with Gasteiger partial charge in [-0.1, -0.05) is 12.1 Å². The molecule has 0 aliphatic rings.